The number of aliphatic carboxylic acids is 1. The molecule has 302 valence electrons. The third-order valence-electron chi connectivity index (χ3n) is 10.1. The van der Waals surface area contributed by atoms with Gasteiger partial charge in [0.2, 0.25) is 17.7 Å². The minimum Gasteiger partial charge on any atom is -0.481 e. The summed E-state index contributed by atoms with van der Waals surface area (Å²) >= 11 is 0. The van der Waals surface area contributed by atoms with Crippen LogP contribution in [0, 0.1) is 0 Å². The summed E-state index contributed by atoms with van der Waals surface area (Å²) in [5.74, 6) is -1.76. The number of hydrogen-bond acceptors (Lipinski definition) is 4. The highest BCUT2D eigenvalue weighted by Gasteiger charge is 2.27. The van der Waals surface area contributed by atoms with Crippen LogP contribution in [0.3, 0.4) is 0 Å². The highest BCUT2D eigenvalue weighted by Crippen LogP contribution is 2.16. The maximum Gasteiger partial charge on any atom is 0.303 e. The van der Waals surface area contributed by atoms with E-state index in [2.05, 4.69) is 38.2 Å². The Balaban J connectivity index is 4.41. The third-order valence-corrected chi connectivity index (χ3v) is 10.1. The number of carbonyl (C=O) groups excluding carboxylic acids is 3. The van der Waals surface area contributed by atoms with E-state index in [0.29, 0.717) is 25.7 Å². The molecule has 0 aromatic heterocycles. The number of unbranched alkanes of at least 4 members (excludes halogenated alkanes) is 27. The monoisotopic (exact) mass is 730 g/mol. The number of imide groups is 3. The van der Waals surface area contributed by atoms with Crippen LogP contribution in [0.5, 0.6) is 0 Å². The van der Waals surface area contributed by atoms with Crippen molar-refractivity contribution in [3.05, 3.63) is 24.3 Å². The van der Waals surface area contributed by atoms with E-state index in [4.69, 9.17) is 5.11 Å². The maximum absolute atomic E-state index is 13.2. The lowest BCUT2D eigenvalue weighted by Gasteiger charge is -2.19. The molecule has 0 aliphatic carbocycles. The quantitative estimate of drug-likeness (QED) is 0.0502. The molecular weight excluding hydrogens is 647 g/mol. The molecule has 3 amide bonds. The standard InChI is InChI=1S/C46H83NO5/c1-3-5-7-9-11-13-15-17-19-21-23-25-27-31-35-39-43(48)47(45(50)41-37-33-29-30-34-38-42-46(51)52)44(49)40-36-32-28-26-24-22-20-18-16-14-12-10-8-6-4-2/h17-20H,3-16,21-42H2,1-2H3,(H,51,52). The lowest BCUT2D eigenvalue weighted by Crippen LogP contribution is -2.41. The fourth-order valence-corrected chi connectivity index (χ4v) is 6.71. The Bertz CT molecular complexity index is 858. The van der Waals surface area contributed by atoms with Crippen molar-refractivity contribution in [1.29, 1.82) is 0 Å². The first-order valence-electron chi connectivity index (χ1n) is 22.3. The molecule has 0 saturated heterocycles. The molecule has 0 saturated carbocycles. The van der Waals surface area contributed by atoms with Crippen LogP contribution in [0.25, 0.3) is 0 Å². The number of amides is 3. The van der Waals surface area contributed by atoms with Gasteiger partial charge in [-0.1, -0.05) is 167 Å². The maximum atomic E-state index is 13.2. The number of nitrogens with zero attached hydrogens (tertiary/aromatic N) is 1. The van der Waals surface area contributed by atoms with Crippen molar-refractivity contribution in [3.8, 4) is 0 Å². The van der Waals surface area contributed by atoms with Crippen molar-refractivity contribution in [2.75, 3.05) is 0 Å². The fourth-order valence-electron chi connectivity index (χ4n) is 6.71. The fraction of sp³-hybridized carbons (Fsp3) is 0.826. The van der Waals surface area contributed by atoms with Gasteiger partial charge in [0, 0.05) is 25.7 Å². The average Bonchev–Trinajstić information content (AvgIpc) is 3.12. The van der Waals surface area contributed by atoms with Crippen LogP contribution in [0.1, 0.15) is 245 Å². The zero-order chi connectivity index (χ0) is 38.2. The van der Waals surface area contributed by atoms with E-state index in [-0.39, 0.29) is 43.4 Å². The molecule has 0 unspecified atom stereocenters. The second kappa shape index (κ2) is 40.0. The topological polar surface area (TPSA) is 91.8 Å². The van der Waals surface area contributed by atoms with Crippen LogP contribution in [0.2, 0.25) is 0 Å². The summed E-state index contributed by atoms with van der Waals surface area (Å²) < 4.78 is 0. The van der Waals surface area contributed by atoms with Crippen molar-refractivity contribution in [2.24, 2.45) is 0 Å². The van der Waals surface area contributed by atoms with Crippen LogP contribution in [-0.2, 0) is 19.2 Å². The van der Waals surface area contributed by atoms with E-state index in [0.717, 1.165) is 81.9 Å². The number of allylic oxidation sites excluding steroid dienone is 4. The molecule has 0 bridgehead atoms. The van der Waals surface area contributed by atoms with Gasteiger partial charge in [-0.25, -0.2) is 4.90 Å². The number of carboxylic acid groups (broad SMARTS) is 1. The first-order valence-corrected chi connectivity index (χ1v) is 22.3. The lowest BCUT2D eigenvalue weighted by molar-refractivity contribution is -0.154. The summed E-state index contributed by atoms with van der Waals surface area (Å²) in [6, 6.07) is 0. The molecule has 0 atom stereocenters. The van der Waals surface area contributed by atoms with Gasteiger partial charge in [-0.05, 0) is 77.0 Å². The molecule has 6 heteroatoms. The smallest absolute Gasteiger partial charge is 0.303 e. The number of rotatable bonds is 39. The SMILES string of the molecule is CCCCCCCCC=CCCCCCCCC(=O)N(C(=O)CCCCCCCC=CCCCCCCCC)C(=O)CCCCCCCCC(=O)O. The predicted molar refractivity (Wildman–Crippen MR) is 220 cm³/mol. The minimum absolute atomic E-state index is 0.199. The van der Waals surface area contributed by atoms with Crippen LogP contribution in [-0.4, -0.2) is 33.7 Å². The molecule has 0 rings (SSSR count). The van der Waals surface area contributed by atoms with Crippen LogP contribution < -0.4 is 0 Å². The molecule has 1 N–H and O–H groups in total. The first kappa shape index (κ1) is 49.8. The second-order valence-corrected chi connectivity index (χ2v) is 15.2. The van der Waals surface area contributed by atoms with Gasteiger partial charge < -0.3 is 5.11 Å². The minimum atomic E-state index is -0.761. The summed E-state index contributed by atoms with van der Waals surface area (Å²) in [4.78, 5) is 51.2. The number of carbonyl (C=O) groups is 4. The molecule has 52 heavy (non-hydrogen) atoms. The molecule has 0 aliphatic rings. The highest BCUT2D eigenvalue weighted by atomic mass is 16.4. The van der Waals surface area contributed by atoms with E-state index in [1.807, 2.05) is 0 Å². The van der Waals surface area contributed by atoms with E-state index < -0.39 is 5.97 Å². The summed E-state index contributed by atoms with van der Waals surface area (Å²) in [5.41, 5.74) is 0. The van der Waals surface area contributed by atoms with Gasteiger partial charge >= 0.3 is 5.97 Å². The molecule has 0 spiro atoms. The van der Waals surface area contributed by atoms with E-state index in [1.54, 1.807) is 0 Å². The Hall–Kier alpha value is -2.24. The number of carboxylic acids is 1. The van der Waals surface area contributed by atoms with Crippen molar-refractivity contribution in [3.63, 3.8) is 0 Å². The van der Waals surface area contributed by atoms with Crippen molar-refractivity contribution < 1.29 is 24.3 Å². The normalized spacial score (nSPS) is 11.6. The second-order valence-electron chi connectivity index (χ2n) is 15.2. The zero-order valence-electron chi connectivity index (χ0n) is 34.3. The van der Waals surface area contributed by atoms with Crippen LogP contribution >= 0.6 is 0 Å². The molecule has 0 radical (unpaired) electrons. The van der Waals surface area contributed by atoms with Gasteiger partial charge in [0.1, 0.15) is 0 Å². The summed E-state index contributed by atoms with van der Waals surface area (Å²) in [6.07, 6.45) is 45.9. The van der Waals surface area contributed by atoms with E-state index >= 15 is 0 Å². The Kier molecular flexibility index (Phi) is 38.2. The molecule has 6 nitrogen and oxygen atoms in total. The van der Waals surface area contributed by atoms with Crippen molar-refractivity contribution in [2.45, 2.75) is 245 Å². The summed E-state index contributed by atoms with van der Waals surface area (Å²) in [5, 5.41) is 8.78. The van der Waals surface area contributed by atoms with Crippen molar-refractivity contribution in [1.82, 2.24) is 4.90 Å². The Labute approximate surface area is 321 Å². The molecule has 0 aromatic rings. The van der Waals surface area contributed by atoms with Gasteiger partial charge in [0.05, 0.1) is 0 Å². The molecule has 0 aromatic carbocycles. The highest BCUT2D eigenvalue weighted by molar-refractivity contribution is 6.10. The molecular formula is C46H83NO5. The predicted octanol–water partition coefficient (Wildman–Crippen LogP) is 14.1. The van der Waals surface area contributed by atoms with E-state index in [9.17, 15) is 19.2 Å². The van der Waals surface area contributed by atoms with Gasteiger partial charge in [0.25, 0.3) is 0 Å². The Morgan fingerprint density at radius 2 is 0.577 bits per heavy atom. The van der Waals surface area contributed by atoms with E-state index in [1.165, 1.54) is 103 Å². The number of hydrogen-bond donors (Lipinski definition) is 1. The zero-order valence-corrected chi connectivity index (χ0v) is 34.3. The van der Waals surface area contributed by atoms with Gasteiger partial charge in [-0.15, -0.1) is 0 Å². The Morgan fingerprint density at radius 3 is 0.846 bits per heavy atom. The molecule has 0 fully saturated rings. The molecule has 0 heterocycles. The van der Waals surface area contributed by atoms with Gasteiger partial charge in [-0.2, -0.15) is 0 Å². The summed E-state index contributed by atoms with van der Waals surface area (Å²) in [6.45, 7) is 4.51. The average molecular weight is 730 g/mol. The van der Waals surface area contributed by atoms with Crippen molar-refractivity contribution >= 4 is 23.7 Å². The first-order chi connectivity index (χ1) is 25.4. The summed E-state index contributed by atoms with van der Waals surface area (Å²) in [7, 11) is 0. The molecule has 0 aliphatic heterocycles. The van der Waals surface area contributed by atoms with Crippen LogP contribution in [0.4, 0.5) is 0 Å². The largest absolute Gasteiger partial charge is 0.481 e. The lowest BCUT2D eigenvalue weighted by atomic mass is 10.1. The van der Waals surface area contributed by atoms with Crippen LogP contribution in [0.15, 0.2) is 24.3 Å². The Morgan fingerprint density at radius 1 is 0.346 bits per heavy atom. The van der Waals surface area contributed by atoms with Gasteiger partial charge in [-0.3, -0.25) is 19.2 Å². The third kappa shape index (κ3) is 34.8. The van der Waals surface area contributed by atoms with Gasteiger partial charge in [0.15, 0.2) is 0 Å².